The van der Waals surface area contributed by atoms with Gasteiger partial charge in [-0.15, -0.1) is 0 Å². The van der Waals surface area contributed by atoms with E-state index in [4.69, 9.17) is 5.11 Å². The molecule has 1 saturated carbocycles. The number of nitro groups is 1. The maximum atomic E-state index is 11.1. The van der Waals surface area contributed by atoms with Crippen molar-refractivity contribution in [3.63, 3.8) is 0 Å². The van der Waals surface area contributed by atoms with Crippen LogP contribution in [0.3, 0.4) is 0 Å². The van der Waals surface area contributed by atoms with Crippen molar-refractivity contribution >= 4 is 17.3 Å². The molecule has 1 aliphatic carbocycles. The van der Waals surface area contributed by atoms with Crippen molar-refractivity contribution < 1.29 is 14.8 Å². The van der Waals surface area contributed by atoms with E-state index in [1.54, 1.807) is 6.92 Å². The first-order chi connectivity index (χ1) is 9.90. The number of hydrogen-bond acceptors (Lipinski definition) is 4. The van der Waals surface area contributed by atoms with Crippen molar-refractivity contribution in [2.24, 2.45) is 5.92 Å². The first-order valence-electron chi connectivity index (χ1n) is 7.19. The molecule has 0 spiro atoms. The Balaban J connectivity index is 2.37. The molecule has 0 heterocycles. The molecule has 2 N–H and O–H groups in total. The number of benzene rings is 1. The van der Waals surface area contributed by atoms with Crippen LogP contribution < -0.4 is 5.32 Å². The molecule has 1 aromatic carbocycles. The minimum absolute atomic E-state index is 0.0572. The number of anilines is 1. The molecule has 0 aliphatic heterocycles. The molecule has 0 amide bonds. The average molecular weight is 292 g/mol. The lowest BCUT2D eigenvalue weighted by Crippen LogP contribution is -2.30. The van der Waals surface area contributed by atoms with Crippen molar-refractivity contribution in [3.05, 3.63) is 33.4 Å². The molecule has 0 radical (unpaired) electrons. The van der Waals surface area contributed by atoms with Gasteiger partial charge in [-0.25, -0.2) is 4.79 Å². The predicted octanol–water partition coefficient (Wildman–Crippen LogP) is 3.59. The SMILES string of the molecule is Cc1c(NC2CCCCC2C)cc(C(=O)O)cc1[N+](=O)[O-]. The lowest BCUT2D eigenvalue weighted by atomic mass is 9.85. The molecular formula is C15H20N2O4. The van der Waals surface area contributed by atoms with Gasteiger partial charge in [-0.05, 0) is 31.7 Å². The molecule has 1 fully saturated rings. The highest BCUT2D eigenvalue weighted by Crippen LogP contribution is 2.32. The molecule has 2 unspecified atom stereocenters. The molecule has 0 saturated heterocycles. The van der Waals surface area contributed by atoms with Gasteiger partial charge in [-0.3, -0.25) is 10.1 Å². The predicted molar refractivity (Wildman–Crippen MR) is 79.8 cm³/mol. The summed E-state index contributed by atoms with van der Waals surface area (Å²) in [6.07, 6.45) is 4.46. The highest BCUT2D eigenvalue weighted by molar-refractivity contribution is 5.90. The van der Waals surface area contributed by atoms with Crippen LogP contribution in [0, 0.1) is 23.0 Å². The molecule has 2 rings (SSSR count). The number of nitrogens with zero attached hydrogens (tertiary/aromatic N) is 1. The van der Waals surface area contributed by atoms with Gasteiger partial charge in [0.05, 0.1) is 10.5 Å². The topological polar surface area (TPSA) is 92.5 Å². The first-order valence-corrected chi connectivity index (χ1v) is 7.19. The molecule has 21 heavy (non-hydrogen) atoms. The highest BCUT2D eigenvalue weighted by Gasteiger charge is 2.24. The van der Waals surface area contributed by atoms with E-state index >= 15 is 0 Å². The summed E-state index contributed by atoms with van der Waals surface area (Å²) < 4.78 is 0. The molecule has 1 aliphatic rings. The third-order valence-electron chi connectivity index (χ3n) is 4.28. The maximum Gasteiger partial charge on any atom is 0.336 e. The minimum atomic E-state index is -1.15. The summed E-state index contributed by atoms with van der Waals surface area (Å²) >= 11 is 0. The Morgan fingerprint density at radius 3 is 2.62 bits per heavy atom. The van der Waals surface area contributed by atoms with Crippen molar-refractivity contribution in [3.8, 4) is 0 Å². The number of hydrogen-bond donors (Lipinski definition) is 2. The van der Waals surface area contributed by atoms with Gasteiger partial charge in [0.25, 0.3) is 5.69 Å². The fourth-order valence-electron chi connectivity index (χ4n) is 2.89. The zero-order valence-electron chi connectivity index (χ0n) is 12.3. The number of carboxylic acids is 1. The van der Waals surface area contributed by atoms with E-state index in [1.807, 2.05) is 0 Å². The summed E-state index contributed by atoms with van der Waals surface area (Å²) in [5.74, 6) is -0.677. The number of nitrogens with one attached hydrogen (secondary N) is 1. The Morgan fingerprint density at radius 2 is 2.05 bits per heavy atom. The number of carboxylic acid groups (broad SMARTS) is 1. The van der Waals surface area contributed by atoms with E-state index in [9.17, 15) is 14.9 Å². The smallest absolute Gasteiger partial charge is 0.336 e. The second-order valence-corrected chi connectivity index (χ2v) is 5.74. The fraction of sp³-hybridized carbons (Fsp3) is 0.533. The monoisotopic (exact) mass is 292 g/mol. The van der Waals surface area contributed by atoms with E-state index in [0.29, 0.717) is 17.2 Å². The molecule has 114 valence electrons. The van der Waals surface area contributed by atoms with Crippen LogP contribution in [0.1, 0.15) is 48.5 Å². The standard InChI is InChI=1S/C15H20N2O4/c1-9-5-3-4-6-12(9)16-13-7-11(15(18)19)8-14(10(13)2)17(20)21/h7-9,12,16H,3-6H2,1-2H3,(H,18,19). The van der Waals surface area contributed by atoms with Gasteiger partial charge < -0.3 is 10.4 Å². The van der Waals surface area contributed by atoms with E-state index < -0.39 is 10.9 Å². The van der Waals surface area contributed by atoms with Gasteiger partial charge in [0.1, 0.15) is 0 Å². The van der Waals surface area contributed by atoms with E-state index in [-0.39, 0.29) is 17.3 Å². The van der Waals surface area contributed by atoms with Crippen molar-refractivity contribution in [1.29, 1.82) is 0 Å². The lowest BCUT2D eigenvalue weighted by Gasteiger charge is -2.31. The van der Waals surface area contributed by atoms with Gasteiger partial charge in [0, 0.05) is 23.4 Å². The van der Waals surface area contributed by atoms with E-state index in [0.717, 1.165) is 25.3 Å². The summed E-state index contributed by atoms with van der Waals surface area (Å²) in [7, 11) is 0. The van der Waals surface area contributed by atoms with Crippen LogP contribution in [-0.4, -0.2) is 22.0 Å². The number of carbonyl (C=O) groups is 1. The van der Waals surface area contributed by atoms with Crippen LogP contribution in [0.2, 0.25) is 0 Å². The third kappa shape index (κ3) is 3.32. The maximum absolute atomic E-state index is 11.1. The van der Waals surface area contributed by atoms with Crippen LogP contribution in [0.25, 0.3) is 0 Å². The Bertz CT molecular complexity index is 571. The Labute approximate surface area is 123 Å². The summed E-state index contributed by atoms with van der Waals surface area (Å²) in [4.78, 5) is 21.7. The highest BCUT2D eigenvalue weighted by atomic mass is 16.6. The third-order valence-corrected chi connectivity index (χ3v) is 4.28. The van der Waals surface area contributed by atoms with Gasteiger partial charge in [0.15, 0.2) is 0 Å². The van der Waals surface area contributed by atoms with Crippen molar-refractivity contribution in [2.75, 3.05) is 5.32 Å². The largest absolute Gasteiger partial charge is 0.478 e. The normalized spacial score (nSPS) is 21.8. The Hall–Kier alpha value is -2.11. The molecule has 6 nitrogen and oxygen atoms in total. The average Bonchev–Trinajstić information content (AvgIpc) is 2.42. The molecule has 0 bridgehead atoms. The van der Waals surface area contributed by atoms with Crippen molar-refractivity contribution in [2.45, 2.75) is 45.6 Å². The minimum Gasteiger partial charge on any atom is -0.478 e. The van der Waals surface area contributed by atoms with Gasteiger partial charge in [-0.1, -0.05) is 19.8 Å². The number of aromatic carboxylic acids is 1. The molecule has 2 atom stereocenters. The second-order valence-electron chi connectivity index (χ2n) is 5.74. The number of rotatable bonds is 4. The second kappa shape index (κ2) is 6.11. The summed E-state index contributed by atoms with van der Waals surface area (Å²) in [6.45, 7) is 3.81. The van der Waals surface area contributed by atoms with Crippen LogP contribution in [-0.2, 0) is 0 Å². The molecular weight excluding hydrogens is 272 g/mol. The Kier molecular flexibility index (Phi) is 4.45. The lowest BCUT2D eigenvalue weighted by molar-refractivity contribution is -0.385. The molecule has 6 heteroatoms. The number of nitro benzene ring substituents is 1. The summed E-state index contributed by atoms with van der Waals surface area (Å²) in [5.41, 5.74) is 0.835. The first kappa shape index (κ1) is 15.3. The van der Waals surface area contributed by atoms with Crippen LogP contribution in [0.15, 0.2) is 12.1 Å². The Morgan fingerprint density at radius 1 is 1.38 bits per heavy atom. The van der Waals surface area contributed by atoms with Crippen LogP contribution in [0.4, 0.5) is 11.4 Å². The molecule has 0 aromatic heterocycles. The summed E-state index contributed by atoms with van der Waals surface area (Å²) in [5, 5.41) is 23.5. The van der Waals surface area contributed by atoms with E-state index in [2.05, 4.69) is 12.2 Å². The zero-order chi connectivity index (χ0) is 15.6. The quantitative estimate of drug-likeness (QED) is 0.653. The van der Waals surface area contributed by atoms with Crippen LogP contribution in [0.5, 0.6) is 0 Å². The van der Waals surface area contributed by atoms with Crippen molar-refractivity contribution in [1.82, 2.24) is 0 Å². The fourth-order valence-corrected chi connectivity index (χ4v) is 2.89. The zero-order valence-corrected chi connectivity index (χ0v) is 12.3. The van der Waals surface area contributed by atoms with Crippen LogP contribution >= 0.6 is 0 Å². The molecule has 1 aromatic rings. The summed E-state index contributed by atoms with van der Waals surface area (Å²) in [6, 6.07) is 2.85. The van der Waals surface area contributed by atoms with Gasteiger partial charge in [-0.2, -0.15) is 0 Å². The van der Waals surface area contributed by atoms with Gasteiger partial charge in [0.2, 0.25) is 0 Å². The van der Waals surface area contributed by atoms with E-state index in [1.165, 1.54) is 12.5 Å². The van der Waals surface area contributed by atoms with Gasteiger partial charge >= 0.3 is 5.97 Å².